The van der Waals surface area contributed by atoms with Gasteiger partial charge in [0.15, 0.2) is 0 Å². The molecule has 1 amide bonds. The maximum atomic E-state index is 13.7. The van der Waals surface area contributed by atoms with E-state index in [-0.39, 0.29) is 11.8 Å². The molecule has 4 rings (SSSR count). The largest absolute Gasteiger partial charge is 0.493 e. The molecule has 5 heteroatoms. The number of rotatable bonds is 13. The monoisotopic (exact) mass is 533 g/mol. The number of methoxy groups -OCH3 is 1. The lowest BCUT2D eigenvalue weighted by molar-refractivity contribution is -0.146. The second-order valence-electron chi connectivity index (χ2n) is 11.6. The third-order valence-corrected chi connectivity index (χ3v) is 8.75. The Morgan fingerprint density at radius 3 is 2.18 bits per heavy atom. The van der Waals surface area contributed by atoms with Crippen LogP contribution in [0, 0.1) is 17.8 Å². The van der Waals surface area contributed by atoms with Gasteiger partial charge < -0.3 is 14.8 Å². The minimum Gasteiger partial charge on any atom is -0.493 e. The third kappa shape index (κ3) is 9.40. The van der Waals surface area contributed by atoms with Gasteiger partial charge in [-0.15, -0.1) is 0 Å². The zero-order chi connectivity index (χ0) is 27.3. The first-order chi connectivity index (χ1) is 19.1. The molecule has 2 saturated carbocycles. The Labute approximate surface area is 235 Å². The van der Waals surface area contributed by atoms with Crippen LogP contribution in [-0.4, -0.2) is 31.6 Å². The van der Waals surface area contributed by atoms with Crippen LogP contribution in [0.25, 0.3) is 0 Å². The molecule has 1 N–H and O–H groups in total. The van der Waals surface area contributed by atoms with Crippen LogP contribution in [0.5, 0.6) is 5.75 Å². The summed E-state index contributed by atoms with van der Waals surface area (Å²) in [6.07, 6.45) is 15.4. The van der Waals surface area contributed by atoms with E-state index in [2.05, 4.69) is 29.6 Å². The Bertz CT molecular complexity index is 994. The van der Waals surface area contributed by atoms with Crippen LogP contribution < -0.4 is 10.1 Å². The van der Waals surface area contributed by atoms with Gasteiger partial charge in [-0.05, 0) is 80.0 Å². The summed E-state index contributed by atoms with van der Waals surface area (Å²) in [5, 5.41) is 3.10. The number of ether oxygens (including phenoxy) is 2. The van der Waals surface area contributed by atoms with Gasteiger partial charge in [0.05, 0.1) is 13.7 Å². The molecule has 39 heavy (non-hydrogen) atoms. The number of carbonyl (C=O) groups is 2. The molecule has 0 aliphatic heterocycles. The van der Waals surface area contributed by atoms with E-state index >= 15 is 0 Å². The van der Waals surface area contributed by atoms with Crippen LogP contribution in [0.1, 0.15) is 88.2 Å². The van der Waals surface area contributed by atoms with Crippen molar-refractivity contribution in [1.29, 1.82) is 0 Å². The van der Waals surface area contributed by atoms with Gasteiger partial charge in [0.25, 0.3) is 0 Å². The van der Waals surface area contributed by atoms with E-state index in [9.17, 15) is 9.59 Å². The predicted octanol–water partition coefficient (Wildman–Crippen LogP) is 7.07. The van der Waals surface area contributed by atoms with E-state index < -0.39 is 12.0 Å². The van der Waals surface area contributed by atoms with E-state index in [0.717, 1.165) is 50.0 Å². The molecule has 0 heterocycles. The molecular weight excluding hydrogens is 486 g/mol. The Kier molecular flexibility index (Phi) is 11.7. The molecule has 2 aliphatic carbocycles. The molecule has 0 aromatic heterocycles. The van der Waals surface area contributed by atoms with Crippen molar-refractivity contribution in [2.24, 2.45) is 17.8 Å². The number of carbonyl (C=O) groups excluding carboxylic acids is 2. The van der Waals surface area contributed by atoms with Crippen LogP contribution in [0.3, 0.4) is 0 Å². The molecule has 5 nitrogen and oxygen atoms in total. The quantitative estimate of drug-likeness (QED) is 0.280. The minimum absolute atomic E-state index is 0.00204. The molecule has 0 radical (unpaired) electrons. The number of esters is 1. The summed E-state index contributed by atoms with van der Waals surface area (Å²) in [6, 6.07) is 17.7. The van der Waals surface area contributed by atoms with Gasteiger partial charge in [0.1, 0.15) is 11.8 Å². The van der Waals surface area contributed by atoms with Crippen LogP contribution in [0.2, 0.25) is 0 Å². The normalized spacial score (nSPS) is 18.2. The number of hydrogen-bond donors (Lipinski definition) is 1. The van der Waals surface area contributed by atoms with E-state index in [0.29, 0.717) is 18.3 Å². The topological polar surface area (TPSA) is 64.6 Å². The van der Waals surface area contributed by atoms with Crippen molar-refractivity contribution in [1.82, 2.24) is 5.32 Å². The summed E-state index contributed by atoms with van der Waals surface area (Å²) < 4.78 is 11.1. The highest BCUT2D eigenvalue weighted by atomic mass is 16.5. The van der Waals surface area contributed by atoms with Crippen molar-refractivity contribution in [3.05, 3.63) is 65.7 Å². The summed E-state index contributed by atoms with van der Waals surface area (Å²) in [5.74, 6) is 1.43. The molecule has 2 aliphatic rings. The van der Waals surface area contributed by atoms with E-state index in [1.54, 1.807) is 0 Å². The first-order valence-electron chi connectivity index (χ1n) is 15.3. The number of hydrogen-bond acceptors (Lipinski definition) is 4. The lowest BCUT2D eigenvalue weighted by Gasteiger charge is -2.30. The highest BCUT2D eigenvalue weighted by molar-refractivity contribution is 5.86. The Hall–Kier alpha value is -2.82. The van der Waals surface area contributed by atoms with Crippen molar-refractivity contribution in [3.8, 4) is 5.75 Å². The van der Waals surface area contributed by atoms with Gasteiger partial charge in [0, 0.05) is 12.3 Å². The zero-order valence-corrected chi connectivity index (χ0v) is 23.7. The lowest BCUT2D eigenvalue weighted by Crippen LogP contribution is -2.47. The van der Waals surface area contributed by atoms with Crippen LogP contribution in [-0.2, 0) is 27.2 Å². The van der Waals surface area contributed by atoms with Gasteiger partial charge in [-0.2, -0.15) is 0 Å². The number of nitrogens with one attached hydrogen (secondary N) is 1. The Morgan fingerprint density at radius 1 is 0.846 bits per heavy atom. The number of benzene rings is 2. The van der Waals surface area contributed by atoms with Crippen LogP contribution in [0.15, 0.2) is 54.6 Å². The summed E-state index contributed by atoms with van der Waals surface area (Å²) in [7, 11) is 1.39. The summed E-state index contributed by atoms with van der Waals surface area (Å²) >= 11 is 0. The van der Waals surface area contributed by atoms with Crippen molar-refractivity contribution >= 4 is 11.9 Å². The molecule has 2 aromatic rings. The third-order valence-electron chi connectivity index (χ3n) is 8.75. The molecule has 212 valence electrons. The first kappa shape index (κ1) is 29.2. The lowest BCUT2D eigenvalue weighted by atomic mass is 9.77. The standard InChI is InChI=1S/C34H47NO4/c1-38-34(37)32(24-27-20-22-30(23-21-27)39-25-28-14-7-3-8-15-28)35-33(36)31(29-17-9-4-10-18-29)19-11-16-26-12-5-2-6-13-26/h2,5-6,12-13,20-23,28-29,31-32H,3-4,7-11,14-19,24-25H2,1H3,(H,35,36)/t31-,32+/m1/s1. The first-order valence-corrected chi connectivity index (χ1v) is 15.3. The molecule has 0 spiro atoms. The maximum absolute atomic E-state index is 13.7. The predicted molar refractivity (Wildman–Crippen MR) is 156 cm³/mol. The van der Waals surface area contributed by atoms with Crippen molar-refractivity contribution in [2.75, 3.05) is 13.7 Å². The maximum Gasteiger partial charge on any atom is 0.328 e. The van der Waals surface area contributed by atoms with Gasteiger partial charge in [-0.3, -0.25) is 4.79 Å². The molecule has 2 aromatic carbocycles. The summed E-state index contributed by atoms with van der Waals surface area (Å²) in [6.45, 7) is 0.771. The molecule has 0 saturated heterocycles. The average molecular weight is 534 g/mol. The summed E-state index contributed by atoms with van der Waals surface area (Å²) in [4.78, 5) is 26.4. The zero-order valence-electron chi connectivity index (χ0n) is 23.7. The Balaban J connectivity index is 1.35. The Morgan fingerprint density at radius 2 is 1.51 bits per heavy atom. The van der Waals surface area contributed by atoms with Crippen LogP contribution >= 0.6 is 0 Å². The molecule has 2 fully saturated rings. The fourth-order valence-electron chi connectivity index (χ4n) is 6.43. The highest BCUT2D eigenvalue weighted by Gasteiger charge is 2.32. The minimum atomic E-state index is -0.697. The summed E-state index contributed by atoms with van der Waals surface area (Å²) in [5.41, 5.74) is 2.29. The van der Waals surface area contributed by atoms with Gasteiger partial charge in [-0.25, -0.2) is 4.79 Å². The average Bonchev–Trinajstić information content (AvgIpc) is 2.99. The van der Waals surface area contributed by atoms with Crippen molar-refractivity contribution in [2.45, 2.75) is 95.9 Å². The van der Waals surface area contributed by atoms with E-state index in [1.807, 2.05) is 30.3 Å². The van der Waals surface area contributed by atoms with Crippen molar-refractivity contribution in [3.63, 3.8) is 0 Å². The van der Waals surface area contributed by atoms with E-state index in [1.165, 1.54) is 64.0 Å². The molecule has 2 atom stereocenters. The van der Waals surface area contributed by atoms with Gasteiger partial charge in [0.2, 0.25) is 5.91 Å². The number of amides is 1. The van der Waals surface area contributed by atoms with Gasteiger partial charge >= 0.3 is 5.97 Å². The highest BCUT2D eigenvalue weighted by Crippen LogP contribution is 2.33. The molecule has 0 bridgehead atoms. The van der Waals surface area contributed by atoms with Crippen molar-refractivity contribution < 1.29 is 19.1 Å². The fraction of sp³-hybridized carbons (Fsp3) is 0.588. The second-order valence-corrected chi connectivity index (χ2v) is 11.6. The van der Waals surface area contributed by atoms with Gasteiger partial charge in [-0.1, -0.05) is 81.0 Å². The molecular formula is C34H47NO4. The van der Waals surface area contributed by atoms with Crippen LogP contribution in [0.4, 0.5) is 0 Å². The second kappa shape index (κ2) is 15.7. The smallest absolute Gasteiger partial charge is 0.328 e. The molecule has 0 unspecified atom stereocenters. The number of aryl methyl sites for hydroxylation is 1. The fourth-order valence-corrected chi connectivity index (χ4v) is 6.43. The SMILES string of the molecule is COC(=O)[C@H](Cc1ccc(OCC2CCCCC2)cc1)NC(=O)[C@H](CCCc1ccccc1)C1CCCCC1. The van der Waals surface area contributed by atoms with E-state index in [4.69, 9.17) is 9.47 Å².